The van der Waals surface area contributed by atoms with Gasteiger partial charge in [-0.3, -0.25) is 4.90 Å². The Balaban J connectivity index is 1.71. The molecule has 1 aliphatic rings. The van der Waals surface area contributed by atoms with Gasteiger partial charge in [-0.25, -0.2) is 4.98 Å². The summed E-state index contributed by atoms with van der Waals surface area (Å²) in [6, 6.07) is 19.8. The average Bonchev–Trinajstić information content (AvgIpc) is 3.37. The van der Waals surface area contributed by atoms with E-state index < -0.39 is 0 Å². The number of imidazole rings is 1. The van der Waals surface area contributed by atoms with Crippen molar-refractivity contribution >= 4 is 0 Å². The van der Waals surface area contributed by atoms with Crippen LogP contribution in [-0.2, 0) is 13.1 Å². The number of unbranched alkanes of at least 4 members (excludes halogenated alkanes) is 2. The molecule has 0 spiro atoms. The summed E-state index contributed by atoms with van der Waals surface area (Å²) < 4.78 is 7.98. The Morgan fingerprint density at radius 2 is 1.68 bits per heavy atom. The summed E-state index contributed by atoms with van der Waals surface area (Å²) in [7, 11) is 1.74. The van der Waals surface area contributed by atoms with E-state index in [4.69, 9.17) is 9.72 Å². The molecule has 0 saturated heterocycles. The lowest BCUT2D eigenvalue weighted by Gasteiger charge is -2.36. The van der Waals surface area contributed by atoms with Crippen LogP contribution in [0, 0.1) is 5.92 Å². The number of benzene rings is 2. The summed E-state index contributed by atoms with van der Waals surface area (Å²) in [4.78, 5) is 7.84. The zero-order chi connectivity index (χ0) is 25.9. The van der Waals surface area contributed by atoms with Crippen LogP contribution in [0.5, 0.6) is 5.75 Å². The largest absolute Gasteiger partial charge is 0.497 e. The lowest BCUT2D eigenvalue weighted by atomic mass is 9.88. The van der Waals surface area contributed by atoms with Crippen molar-refractivity contribution in [2.24, 2.45) is 5.92 Å². The van der Waals surface area contributed by atoms with E-state index in [0.29, 0.717) is 6.04 Å². The van der Waals surface area contributed by atoms with Crippen LogP contribution in [0.1, 0.15) is 95.4 Å². The van der Waals surface area contributed by atoms with Gasteiger partial charge in [0.05, 0.1) is 25.0 Å². The fourth-order valence-corrected chi connectivity index (χ4v) is 5.91. The van der Waals surface area contributed by atoms with E-state index in [-0.39, 0.29) is 0 Å². The molecule has 1 heterocycles. The number of hydrogen-bond donors (Lipinski definition) is 0. The van der Waals surface area contributed by atoms with E-state index in [1.807, 2.05) is 0 Å². The first-order chi connectivity index (χ1) is 18.2. The molecule has 3 aromatic rings. The van der Waals surface area contributed by atoms with Crippen molar-refractivity contribution in [2.75, 3.05) is 13.7 Å². The third-order valence-electron chi connectivity index (χ3n) is 8.03. The van der Waals surface area contributed by atoms with Crippen molar-refractivity contribution in [3.63, 3.8) is 0 Å². The molecular formula is C33H47N3O. The number of methoxy groups -OCH3 is 1. The maximum atomic E-state index is 5.44. The lowest BCUT2D eigenvalue weighted by Crippen LogP contribution is -2.35. The Morgan fingerprint density at radius 1 is 0.946 bits per heavy atom. The average molecular weight is 502 g/mol. The molecule has 0 bridgehead atoms. The first kappa shape index (κ1) is 27.4. The molecule has 0 N–H and O–H groups in total. The van der Waals surface area contributed by atoms with Crippen LogP contribution in [0.2, 0.25) is 0 Å². The maximum absolute atomic E-state index is 5.44. The van der Waals surface area contributed by atoms with Crippen molar-refractivity contribution in [3.8, 4) is 17.1 Å². The zero-order valence-electron chi connectivity index (χ0n) is 23.4. The van der Waals surface area contributed by atoms with Crippen molar-refractivity contribution in [3.05, 3.63) is 72.1 Å². The molecule has 0 radical (unpaired) electrons. The van der Waals surface area contributed by atoms with Gasteiger partial charge in [-0.2, -0.15) is 0 Å². The predicted molar refractivity (Wildman–Crippen MR) is 155 cm³/mol. The van der Waals surface area contributed by atoms with Crippen LogP contribution < -0.4 is 4.74 Å². The molecule has 37 heavy (non-hydrogen) atoms. The molecule has 1 saturated carbocycles. The van der Waals surface area contributed by atoms with Gasteiger partial charge in [-0.1, -0.05) is 94.8 Å². The van der Waals surface area contributed by atoms with E-state index in [0.717, 1.165) is 30.6 Å². The van der Waals surface area contributed by atoms with Crippen LogP contribution in [0.15, 0.2) is 60.8 Å². The normalized spacial score (nSPS) is 15.2. The first-order valence-electron chi connectivity index (χ1n) is 14.7. The number of nitrogens with zero attached hydrogens (tertiary/aromatic N) is 3. The third-order valence-corrected chi connectivity index (χ3v) is 8.03. The van der Waals surface area contributed by atoms with Crippen LogP contribution in [0.25, 0.3) is 11.4 Å². The van der Waals surface area contributed by atoms with Gasteiger partial charge in [-0.05, 0) is 49.3 Å². The monoisotopic (exact) mass is 501 g/mol. The van der Waals surface area contributed by atoms with Gasteiger partial charge in [0.25, 0.3) is 0 Å². The lowest BCUT2D eigenvalue weighted by molar-refractivity contribution is 0.127. The molecule has 1 atom stereocenters. The smallest absolute Gasteiger partial charge is 0.140 e. The van der Waals surface area contributed by atoms with E-state index in [1.165, 1.54) is 87.6 Å². The Bertz CT molecular complexity index is 1040. The minimum Gasteiger partial charge on any atom is -0.497 e. The van der Waals surface area contributed by atoms with E-state index >= 15 is 0 Å². The SMILES string of the molecule is CCCC[C@H](c1cnc(-c2ccccc2)n1CCCC)N(Cc1ccc(OC)cc1)CC1CCCCC1. The Labute approximate surface area is 225 Å². The number of hydrogen-bond acceptors (Lipinski definition) is 3. The van der Waals surface area contributed by atoms with Crippen molar-refractivity contribution in [2.45, 2.75) is 97.2 Å². The summed E-state index contributed by atoms with van der Waals surface area (Å²) in [6.07, 6.45) is 15.1. The van der Waals surface area contributed by atoms with Gasteiger partial charge in [0.15, 0.2) is 0 Å². The maximum Gasteiger partial charge on any atom is 0.140 e. The highest BCUT2D eigenvalue weighted by molar-refractivity contribution is 5.56. The van der Waals surface area contributed by atoms with Crippen molar-refractivity contribution in [1.82, 2.24) is 14.5 Å². The van der Waals surface area contributed by atoms with Gasteiger partial charge < -0.3 is 9.30 Å². The van der Waals surface area contributed by atoms with E-state index in [2.05, 4.69) is 84.1 Å². The third kappa shape index (κ3) is 7.47. The molecule has 1 fully saturated rings. The molecule has 200 valence electrons. The zero-order valence-corrected chi connectivity index (χ0v) is 23.4. The van der Waals surface area contributed by atoms with E-state index in [1.54, 1.807) is 7.11 Å². The van der Waals surface area contributed by atoms with Gasteiger partial charge in [0, 0.05) is 25.2 Å². The Kier molecular flexibility index (Phi) is 10.7. The Morgan fingerprint density at radius 3 is 2.35 bits per heavy atom. The molecule has 0 aliphatic heterocycles. The predicted octanol–water partition coefficient (Wildman–Crippen LogP) is 8.67. The minimum atomic E-state index is 0.366. The fourth-order valence-electron chi connectivity index (χ4n) is 5.91. The molecular weight excluding hydrogens is 454 g/mol. The summed E-state index contributed by atoms with van der Waals surface area (Å²) in [6.45, 7) is 7.76. The second-order valence-corrected chi connectivity index (χ2v) is 10.8. The standard InChI is InChI=1S/C33H47N3O/c1-4-6-18-31(32-24-34-33(36(32)23-7-5-2)29-16-12-9-13-17-29)35(25-27-14-10-8-11-15-27)26-28-19-21-30(37-3)22-20-28/h9,12-13,16-17,19-22,24,27,31H,4-8,10-11,14-15,18,23,25-26H2,1-3H3/t31-/m1/s1. The van der Waals surface area contributed by atoms with Crippen LogP contribution >= 0.6 is 0 Å². The molecule has 2 aromatic carbocycles. The number of ether oxygens (including phenoxy) is 1. The highest BCUT2D eigenvalue weighted by atomic mass is 16.5. The molecule has 1 aromatic heterocycles. The second-order valence-electron chi connectivity index (χ2n) is 10.8. The fraction of sp³-hybridized carbons (Fsp3) is 0.545. The molecule has 0 unspecified atom stereocenters. The van der Waals surface area contributed by atoms with Gasteiger partial charge in [0.2, 0.25) is 0 Å². The van der Waals surface area contributed by atoms with Crippen LogP contribution in [-0.4, -0.2) is 28.1 Å². The highest BCUT2D eigenvalue weighted by Gasteiger charge is 2.28. The molecule has 4 nitrogen and oxygen atoms in total. The topological polar surface area (TPSA) is 30.3 Å². The van der Waals surface area contributed by atoms with Gasteiger partial charge in [0.1, 0.15) is 11.6 Å². The summed E-state index contributed by atoms with van der Waals surface area (Å²) >= 11 is 0. The van der Waals surface area contributed by atoms with Gasteiger partial charge in [-0.15, -0.1) is 0 Å². The molecule has 4 rings (SSSR count). The molecule has 0 amide bonds. The minimum absolute atomic E-state index is 0.366. The molecule has 1 aliphatic carbocycles. The molecule has 4 heteroatoms. The first-order valence-corrected chi connectivity index (χ1v) is 14.7. The van der Waals surface area contributed by atoms with E-state index in [9.17, 15) is 0 Å². The van der Waals surface area contributed by atoms with Crippen molar-refractivity contribution in [1.29, 1.82) is 0 Å². The van der Waals surface area contributed by atoms with Gasteiger partial charge >= 0.3 is 0 Å². The summed E-state index contributed by atoms with van der Waals surface area (Å²) in [5, 5.41) is 0. The number of rotatable bonds is 14. The van der Waals surface area contributed by atoms with Crippen LogP contribution in [0.4, 0.5) is 0 Å². The quantitative estimate of drug-likeness (QED) is 0.221. The number of aromatic nitrogens is 2. The Hall–Kier alpha value is -2.59. The summed E-state index contributed by atoms with van der Waals surface area (Å²) in [5.74, 6) is 2.83. The second kappa shape index (κ2) is 14.4. The van der Waals surface area contributed by atoms with Crippen molar-refractivity contribution < 1.29 is 4.74 Å². The highest BCUT2D eigenvalue weighted by Crippen LogP contribution is 2.35. The van der Waals surface area contributed by atoms with Crippen LogP contribution in [0.3, 0.4) is 0 Å². The summed E-state index contributed by atoms with van der Waals surface area (Å²) in [5.41, 5.74) is 3.97.